The summed E-state index contributed by atoms with van der Waals surface area (Å²) in [7, 11) is 0. The molecule has 1 amide bonds. The van der Waals surface area contributed by atoms with Gasteiger partial charge in [0.1, 0.15) is 11.0 Å². The SMILES string of the molecule is C[C@@H]1[C@H]2C[C@@H](C[C@H]1Nc1cnn(CC(=O)NCc3ccnc(F)c3)c(=O)c1Br)C2(C)C. The minimum Gasteiger partial charge on any atom is -0.380 e. The number of carbonyl (C=O) groups is 1. The van der Waals surface area contributed by atoms with Gasteiger partial charge in [-0.05, 0) is 69.6 Å². The zero-order valence-electron chi connectivity index (χ0n) is 17.9. The van der Waals surface area contributed by atoms with Crippen LogP contribution in [0.15, 0.2) is 33.8 Å². The van der Waals surface area contributed by atoms with Crippen LogP contribution in [0.5, 0.6) is 0 Å². The second-order valence-electron chi connectivity index (χ2n) is 9.30. The summed E-state index contributed by atoms with van der Waals surface area (Å²) in [5.74, 6) is 0.912. The second kappa shape index (κ2) is 8.33. The van der Waals surface area contributed by atoms with E-state index in [-0.39, 0.29) is 24.6 Å². The zero-order valence-corrected chi connectivity index (χ0v) is 19.4. The standard InChI is InChI=1S/C22H27BrFN5O2/c1-12-15-7-14(22(15,2)3)8-16(12)28-17-10-27-29(21(31)20(17)23)11-19(30)26-9-13-4-5-25-18(24)6-13/h4-6,10,12,14-16,28H,7-9,11H2,1-3H3,(H,26,30)/t12-,14+,15-,16-/m1/s1. The van der Waals surface area contributed by atoms with Gasteiger partial charge in [0, 0.05) is 18.8 Å². The minimum absolute atomic E-state index is 0.145. The molecule has 2 aromatic heterocycles. The molecule has 2 bridgehead atoms. The number of aromatic nitrogens is 3. The van der Waals surface area contributed by atoms with Crippen molar-refractivity contribution in [2.75, 3.05) is 5.32 Å². The van der Waals surface area contributed by atoms with Crippen LogP contribution >= 0.6 is 15.9 Å². The molecule has 2 heterocycles. The Kier molecular flexibility index (Phi) is 5.89. The number of nitrogens with one attached hydrogen (secondary N) is 2. The Morgan fingerprint density at radius 2 is 2.16 bits per heavy atom. The third-order valence-electron chi connectivity index (χ3n) is 7.25. The van der Waals surface area contributed by atoms with E-state index in [2.05, 4.69) is 57.4 Å². The van der Waals surface area contributed by atoms with Crippen LogP contribution in [0.2, 0.25) is 0 Å². The van der Waals surface area contributed by atoms with E-state index in [0.29, 0.717) is 44.9 Å². The van der Waals surface area contributed by atoms with Crippen molar-refractivity contribution in [3.8, 4) is 0 Å². The predicted molar refractivity (Wildman–Crippen MR) is 119 cm³/mol. The fraction of sp³-hybridized carbons (Fsp3) is 0.545. The van der Waals surface area contributed by atoms with Gasteiger partial charge in [-0.25, -0.2) is 9.67 Å². The van der Waals surface area contributed by atoms with Crippen LogP contribution in [0, 0.1) is 29.1 Å². The summed E-state index contributed by atoms with van der Waals surface area (Å²) in [6.45, 7) is 6.91. The first kappa shape index (κ1) is 21.9. The second-order valence-corrected chi connectivity index (χ2v) is 10.1. The zero-order chi connectivity index (χ0) is 22.3. The molecule has 0 radical (unpaired) electrons. The highest BCUT2D eigenvalue weighted by atomic mass is 79.9. The molecule has 5 rings (SSSR count). The molecule has 0 aromatic carbocycles. The number of pyridine rings is 1. The number of fused-ring (bicyclic) bond motifs is 2. The van der Waals surface area contributed by atoms with Gasteiger partial charge in [-0.15, -0.1) is 0 Å². The molecule has 3 aliphatic carbocycles. The van der Waals surface area contributed by atoms with Gasteiger partial charge in [0.05, 0.1) is 11.9 Å². The topological polar surface area (TPSA) is 88.9 Å². The Labute approximate surface area is 189 Å². The van der Waals surface area contributed by atoms with Gasteiger partial charge in [0.25, 0.3) is 5.56 Å². The molecule has 3 saturated carbocycles. The molecule has 2 aromatic rings. The van der Waals surface area contributed by atoms with Crippen LogP contribution in [-0.4, -0.2) is 26.7 Å². The van der Waals surface area contributed by atoms with Gasteiger partial charge in [0.15, 0.2) is 0 Å². The molecule has 2 N–H and O–H groups in total. The van der Waals surface area contributed by atoms with Crippen molar-refractivity contribution in [1.29, 1.82) is 0 Å². The maximum absolute atomic E-state index is 13.1. The first-order chi connectivity index (χ1) is 14.7. The van der Waals surface area contributed by atoms with E-state index in [1.54, 1.807) is 12.3 Å². The lowest BCUT2D eigenvalue weighted by atomic mass is 9.45. The van der Waals surface area contributed by atoms with Crippen LogP contribution in [0.3, 0.4) is 0 Å². The van der Waals surface area contributed by atoms with Crippen molar-refractivity contribution < 1.29 is 9.18 Å². The van der Waals surface area contributed by atoms with Crippen molar-refractivity contribution in [2.45, 2.75) is 52.7 Å². The maximum atomic E-state index is 13.1. The third-order valence-corrected chi connectivity index (χ3v) is 8.02. The number of amides is 1. The van der Waals surface area contributed by atoms with E-state index in [1.807, 2.05) is 0 Å². The fourth-order valence-electron chi connectivity index (χ4n) is 5.16. The van der Waals surface area contributed by atoms with E-state index in [4.69, 9.17) is 0 Å². The lowest BCUT2D eigenvalue weighted by Crippen LogP contribution is -2.58. The smallest absolute Gasteiger partial charge is 0.283 e. The summed E-state index contributed by atoms with van der Waals surface area (Å²) < 4.78 is 14.6. The maximum Gasteiger partial charge on any atom is 0.283 e. The van der Waals surface area contributed by atoms with Crippen LogP contribution in [0.25, 0.3) is 0 Å². The highest BCUT2D eigenvalue weighted by molar-refractivity contribution is 9.10. The van der Waals surface area contributed by atoms with E-state index >= 15 is 0 Å². The minimum atomic E-state index is -0.607. The number of nitrogens with zero attached hydrogens (tertiary/aromatic N) is 3. The Morgan fingerprint density at radius 1 is 1.39 bits per heavy atom. The van der Waals surface area contributed by atoms with Gasteiger partial charge >= 0.3 is 0 Å². The van der Waals surface area contributed by atoms with Gasteiger partial charge < -0.3 is 10.6 Å². The van der Waals surface area contributed by atoms with E-state index in [9.17, 15) is 14.0 Å². The number of anilines is 1. The molecular formula is C22H27BrFN5O2. The normalized spacial score (nSPS) is 26.1. The van der Waals surface area contributed by atoms with Crippen LogP contribution < -0.4 is 16.2 Å². The molecule has 7 nitrogen and oxygen atoms in total. The summed E-state index contributed by atoms with van der Waals surface area (Å²) >= 11 is 3.38. The number of rotatable bonds is 6. The number of halogens is 2. The summed E-state index contributed by atoms with van der Waals surface area (Å²) in [6.07, 6.45) is 5.30. The molecule has 3 aliphatic rings. The van der Waals surface area contributed by atoms with Crippen LogP contribution in [0.4, 0.5) is 10.1 Å². The third kappa shape index (κ3) is 4.24. The van der Waals surface area contributed by atoms with E-state index in [0.717, 1.165) is 11.1 Å². The van der Waals surface area contributed by atoms with Gasteiger partial charge in [0.2, 0.25) is 11.9 Å². The van der Waals surface area contributed by atoms with Crippen molar-refractivity contribution in [3.63, 3.8) is 0 Å². The molecule has 31 heavy (non-hydrogen) atoms. The molecule has 9 heteroatoms. The first-order valence-corrected chi connectivity index (χ1v) is 11.4. The van der Waals surface area contributed by atoms with E-state index < -0.39 is 5.95 Å². The van der Waals surface area contributed by atoms with Gasteiger partial charge in [-0.3, -0.25) is 9.59 Å². The largest absolute Gasteiger partial charge is 0.380 e. The van der Waals surface area contributed by atoms with Crippen molar-refractivity contribution >= 4 is 27.5 Å². The quantitative estimate of drug-likeness (QED) is 0.604. The summed E-state index contributed by atoms with van der Waals surface area (Å²) in [5.41, 5.74) is 1.27. The monoisotopic (exact) mass is 491 g/mol. The Bertz CT molecular complexity index is 1060. The molecule has 0 spiro atoms. The lowest BCUT2D eigenvalue weighted by molar-refractivity contribution is -0.122. The van der Waals surface area contributed by atoms with E-state index in [1.165, 1.54) is 18.7 Å². The molecule has 0 unspecified atom stereocenters. The fourth-order valence-corrected chi connectivity index (χ4v) is 5.59. The first-order valence-electron chi connectivity index (χ1n) is 10.6. The number of hydrogen-bond acceptors (Lipinski definition) is 5. The average Bonchev–Trinajstić information content (AvgIpc) is 2.73. The highest BCUT2D eigenvalue weighted by Crippen LogP contribution is 2.61. The van der Waals surface area contributed by atoms with Crippen LogP contribution in [0.1, 0.15) is 39.2 Å². The van der Waals surface area contributed by atoms with Crippen molar-refractivity contribution in [1.82, 2.24) is 20.1 Å². The average molecular weight is 492 g/mol. The Morgan fingerprint density at radius 3 is 2.84 bits per heavy atom. The number of hydrogen-bond donors (Lipinski definition) is 2. The molecule has 0 aliphatic heterocycles. The van der Waals surface area contributed by atoms with Gasteiger partial charge in [-0.1, -0.05) is 20.8 Å². The van der Waals surface area contributed by atoms with Crippen molar-refractivity contribution in [3.05, 3.63) is 50.9 Å². The summed E-state index contributed by atoms with van der Waals surface area (Å²) in [6, 6.07) is 3.16. The lowest BCUT2D eigenvalue weighted by Gasteiger charge is -2.62. The predicted octanol–water partition coefficient (Wildman–Crippen LogP) is 3.34. The molecule has 3 fully saturated rings. The van der Waals surface area contributed by atoms with Gasteiger partial charge in [-0.2, -0.15) is 9.49 Å². The number of carbonyl (C=O) groups excluding carboxylic acids is 1. The van der Waals surface area contributed by atoms with Crippen molar-refractivity contribution in [2.24, 2.45) is 23.2 Å². The molecule has 0 saturated heterocycles. The highest BCUT2D eigenvalue weighted by Gasteiger charge is 2.56. The Hall–Kier alpha value is -2.29. The van der Waals surface area contributed by atoms with Crippen LogP contribution in [-0.2, 0) is 17.9 Å². The molecular weight excluding hydrogens is 465 g/mol. The molecule has 166 valence electrons. The summed E-state index contributed by atoms with van der Waals surface area (Å²) in [5, 5.41) is 10.3. The molecule has 4 atom stereocenters. The summed E-state index contributed by atoms with van der Waals surface area (Å²) in [4.78, 5) is 28.4. The Balaban J connectivity index is 1.38.